The highest BCUT2D eigenvalue weighted by molar-refractivity contribution is 6.07. The number of carbonyl (C=O) groups is 1. The molecule has 0 bridgehead atoms. The Bertz CT molecular complexity index is 1170. The monoisotopic (exact) mass is 369 g/mol. The molecule has 0 aliphatic rings. The Labute approximate surface area is 162 Å². The summed E-state index contributed by atoms with van der Waals surface area (Å²) < 4.78 is 5.97. The highest BCUT2D eigenvalue weighted by atomic mass is 16.5. The lowest BCUT2D eigenvalue weighted by Gasteiger charge is -2.10. The summed E-state index contributed by atoms with van der Waals surface area (Å²) in [6.07, 6.45) is 0. The summed E-state index contributed by atoms with van der Waals surface area (Å²) in [5.41, 5.74) is 7.57. The Morgan fingerprint density at radius 3 is 2.50 bits per heavy atom. The first-order valence-corrected chi connectivity index (χ1v) is 8.90. The summed E-state index contributed by atoms with van der Waals surface area (Å²) >= 11 is 0. The van der Waals surface area contributed by atoms with Crippen molar-refractivity contribution in [2.75, 3.05) is 11.1 Å². The van der Waals surface area contributed by atoms with Crippen LogP contribution in [-0.2, 0) is 0 Å². The molecule has 0 atom stereocenters. The number of hydrogen-bond donors (Lipinski definition) is 2. The van der Waals surface area contributed by atoms with E-state index in [4.69, 9.17) is 10.5 Å². The molecule has 0 saturated carbocycles. The molecule has 0 unspecified atom stereocenters. The minimum Gasteiger partial charge on any atom is -0.457 e. The van der Waals surface area contributed by atoms with E-state index in [1.807, 2.05) is 55.5 Å². The number of nitrogens with two attached hydrogens (primary N) is 1. The molecule has 4 aromatic rings. The van der Waals surface area contributed by atoms with Crippen LogP contribution in [0.5, 0.6) is 11.5 Å². The first-order valence-electron chi connectivity index (χ1n) is 8.90. The predicted molar refractivity (Wildman–Crippen MR) is 112 cm³/mol. The van der Waals surface area contributed by atoms with Crippen LogP contribution in [0.4, 0.5) is 11.5 Å². The number of nitrogens with zero attached hydrogens (tertiary/aromatic N) is 1. The number of nitrogens with one attached hydrogen (secondary N) is 1. The van der Waals surface area contributed by atoms with Gasteiger partial charge in [0, 0.05) is 17.4 Å². The van der Waals surface area contributed by atoms with Gasteiger partial charge in [-0.1, -0.05) is 36.4 Å². The summed E-state index contributed by atoms with van der Waals surface area (Å²) in [5.74, 6) is 1.26. The van der Waals surface area contributed by atoms with E-state index in [-0.39, 0.29) is 11.7 Å². The number of hydrogen-bond acceptors (Lipinski definition) is 4. The lowest BCUT2D eigenvalue weighted by Crippen LogP contribution is -2.15. The van der Waals surface area contributed by atoms with Gasteiger partial charge in [0.1, 0.15) is 17.3 Å². The van der Waals surface area contributed by atoms with Gasteiger partial charge in [0.25, 0.3) is 5.91 Å². The molecule has 1 heterocycles. The molecule has 1 aromatic heterocycles. The van der Waals surface area contributed by atoms with Gasteiger partial charge in [-0.25, -0.2) is 4.98 Å². The SMILES string of the molecule is Cc1ccc(C(=O)Nc2cccc(Oc3ccc4ccccc4c3)c2)c(N)n1. The van der Waals surface area contributed by atoms with Gasteiger partial charge in [-0.3, -0.25) is 4.79 Å². The number of aromatic nitrogens is 1. The predicted octanol–water partition coefficient (Wildman–Crippen LogP) is 5.17. The number of fused-ring (bicyclic) bond motifs is 1. The molecule has 0 spiro atoms. The first kappa shape index (κ1) is 17.5. The maximum absolute atomic E-state index is 12.5. The van der Waals surface area contributed by atoms with Gasteiger partial charge in [0.15, 0.2) is 0 Å². The number of carbonyl (C=O) groups excluding carboxylic acids is 1. The van der Waals surface area contributed by atoms with Crippen molar-refractivity contribution < 1.29 is 9.53 Å². The minimum atomic E-state index is -0.312. The zero-order chi connectivity index (χ0) is 19.5. The average molecular weight is 369 g/mol. The highest BCUT2D eigenvalue weighted by Crippen LogP contribution is 2.27. The number of nitrogen functional groups attached to an aromatic ring is 1. The fraction of sp³-hybridized carbons (Fsp3) is 0.0435. The van der Waals surface area contributed by atoms with E-state index < -0.39 is 0 Å². The highest BCUT2D eigenvalue weighted by Gasteiger charge is 2.11. The summed E-state index contributed by atoms with van der Waals surface area (Å²) in [7, 11) is 0. The summed E-state index contributed by atoms with van der Waals surface area (Å²) in [6.45, 7) is 1.83. The van der Waals surface area contributed by atoms with E-state index in [0.29, 0.717) is 17.0 Å². The molecule has 0 aliphatic heterocycles. The molecule has 138 valence electrons. The molecule has 5 heteroatoms. The normalized spacial score (nSPS) is 10.6. The number of aryl methyl sites for hydroxylation is 1. The Morgan fingerprint density at radius 1 is 0.893 bits per heavy atom. The van der Waals surface area contributed by atoms with Crippen molar-refractivity contribution in [3.8, 4) is 11.5 Å². The molecule has 0 radical (unpaired) electrons. The van der Waals surface area contributed by atoms with Crippen molar-refractivity contribution in [2.24, 2.45) is 0 Å². The Kier molecular flexibility index (Phi) is 4.64. The molecule has 5 nitrogen and oxygen atoms in total. The van der Waals surface area contributed by atoms with Crippen LogP contribution in [0.2, 0.25) is 0 Å². The molecule has 3 aromatic carbocycles. The van der Waals surface area contributed by atoms with Gasteiger partial charge in [-0.2, -0.15) is 0 Å². The van der Waals surface area contributed by atoms with E-state index in [0.717, 1.165) is 22.2 Å². The first-order chi connectivity index (χ1) is 13.6. The van der Waals surface area contributed by atoms with E-state index in [1.54, 1.807) is 24.3 Å². The van der Waals surface area contributed by atoms with Crippen LogP contribution in [0.25, 0.3) is 10.8 Å². The second-order valence-corrected chi connectivity index (χ2v) is 6.48. The number of ether oxygens (including phenoxy) is 1. The largest absolute Gasteiger partial charge is 0.457 e. The molecule has 0 saturated heterocycles. The van der Waals surface area contributed by atoms with E-state index in [2.05, 4.69) is 16.4 Å². The number of pyridine rings is 1. The van der Waals surface area contributed by atoms with Crippen molar-refractivity contribution >= 4 is 28.2 Å². The van der Waals surface area contributed by atoms with E-state index in [9.17, 15) is 4.79 Å². The van der Waals surface area contributed by atoms with Gasteiger partial charge in [-0.15, -0.1) is 0 Å². The Balaban J connectivity index is 1.53. The minimum absolute atomic E-state index is 0.209. The van der Waals surface area contributed by atoms with Crippen LogP contribution < -0.4 is 15.8 Å². The van der Waals surface area contributed by atoms with Gasteiger partial charge in [0.05, 0.1) is 5.56 Å². The van der Waals surface area contributed by atoms with Crippen LogP contribution in [0.3, 0.4) is 0 Å². The van der Waals surface area contributed by atoms with Crippen molar-refractivity contribution in [1.82, 2.24) is 4.98 Å². The smallest absolute Gasteiger partial charge is 0.259 e. The van der Waals surface area contributed by atoms with Gasteiger partial charge in [-0.05, 0) is 54.1 Å². The maximum atomic E-state index is 12.5. The van der Waals surface area contributed by atoms with Crippen molar-refractivity contribution in [1.29, 1.82) is 0 Å². The van der Waals surface area contributed by atoms with Gasteiger partial charge in [0.2, 0.25) is 0 Å². The second kappa shape index (κ2) is 7.40. The molecule has 1 amide bonds. The standard InChI is InChI=1S/C23H19N3O2/c1-15-9-12-21(22(24)25-15)23(27)26-18-7-4-8-19(14-18)28-20-11-10-16-5-2-3-6-17(16)13-20/h2-14H,1H3,(H2,24,25)(H,26,27). The second-order valence-electron chi connectivity index (χ2n) is 6.48. The van der Waals surface area contributed by atoms with Crippen LogP contribution in [0.1, 0.15) is 16.1 Å². The number of benzene rings is 3. The van der Waals surface area contributed by atoms with Crippen molar-refractivity contribution in [2.45, 2.75) is 6.92 Å². The lowest BCUT2D eigenvalue weighted by molar-refractivity contribution is 0.102. The van der Waals surface area contributed by atoms with E-state index >= 15 is 0 Å². The van der Waals surface area contributed by atoms with Crippen molar-refractivity contribution in [3.63, 3.8) is 0 Å². The summed E-state index contributed by atoms with van der Waals surface area (Å²) in [6, 6.07) is 24.7. The van der Waals surface area contributed by atoms with E-state index in [1.165, 1.54) is 0 Å². The fourth-order valence-corrected chi connectivity index (χ4v) is 2.97. The van der Waals surface area contributed by atoms with Gasteiger partial charge < -0.3 is 15.8 Å². The molecule has 28 heavy (non-hydrogen) atoms. The third-order valence-electron chi connectivity index (χ3n) is 4.36. The lowest BCUT2D eigenvalue weighted by atomic mass is 10.1. The van der Waals surface area contributed by atoms with Crippen LogP contribution in [-0.4, -0.2) is 10.9 Å². The maximum Gasteiger partial charge on any atom is 0.259 e. The molecule has 3 N–H and O–H groups in total. The molecule has 4 rings (SSSR count). The third kappa shape index (κ3) is 3.78. The quantitative estimate of drug-likeness (QED) is 0.520. The zero-order valence-corrected chi connectivity index (χ0v) is 15.3. The van der Waals surface area contributed by atoms with Crippen LogP contribution in [0, 0.1) is 6.92 Å². The topological polar surface area (TPSA) is 77.2 Å². The number of rotatable bonds is 4. The Morgan fingerprint density at radius 2 is 1.68 bits per heavy atom. The average Bonchev–Trinajstić information content (AvgIpc) is 2.68. The van der Waals surface area contributed by atoms with Crippen molar-refractivity contribution in [3.05, 3.63) is 90.1 Å². The summed E-state index contributed by atoms with van der Waals surface area (Å²) in [4.78, 5) is 16.6. The van der Waals surface area contributed by atoms with Crippen LogP contribution in [0.15, 0.2) is 78.9 Å². The third-order valence-corrected chi connectivity index (χ3v) is 4.36. The molecule has 0 aliphatic carbocycles. The molecular formula is C23H19N3O2. The fourth-order valence-electron chi connectivity index (χ4n) is 2.97. The molecular weight excluding hydrogens is 350 g/mol. The van der Waals surface area contributed by atoms with Gasteiger partial charge >= 0.3 is 0 Å². The molecule has 0 fully saturated rings. The zero-order valence-electron chi connectivity index (χ0n) is 15.3. The van der Waals surface area contributed by atoms with Crippen LogP contribution >= 0.6 is 0 Å². The Hall–Kier alpha value is -3.86. The summed E-state index contributed by atoms with van der Waals surface area (Å²) in [5, 5.41) is 5.09. The number of amides is 1. The number of anilines is 2.